The molecule has 0 aromatic heterocycles. The van der Waals surface area contributed by atoms with E-state index in [4.69, 9.17) is 9.57 Å². The Morgan fingerprint density at radius 1 is 1.47 bits per heavy atom. The van der Waals surface area contributed by atoms with Crippen LogP contribution in [0.15, 0.2) is 0 Å². The summed E-state index contributed by atoms with van der Waals surface area (Å²) < 4.78 is 4.90. The van der Waals surface area contributed by atoms with E-state index in [-0.39, 0.29) is 25.9 Å². The summed E-state index contributed by atoms with van der Waals surface area (Å²) in [6.45, 7) is 2.07. The summed E-state index contributed by atoms with van der Waals surface area (Å²) in [6, 6.07) is 0. The predicted octanol–water partition coefficient (Wildman–Crippen LogP) is -0.849. The van der Waals surface area contributed by atoms with Gasteiger partial charge < -0.3 is 20.3 Å². The second kappa shape index (κ2) is 7.57. The van der Waals surface area contributed by atoms with Gasteiger partial charge in [0, 0.05) is 6.42 Å². The van der Waals surface area contributed by atoms with Gasteiger partial charge in [0.1, 0.15) is 6.73 Å². The van der Waals surface area contributed by atoms with Gasteiger partial charge in [-0.05, 0) is 6.42 Å². The van der Waals surface area contributed by atoms with Crippen molar-refractivity contribution in [3.05, 3.63) is 0 Å². The maximum Gasteiger partial charge on any atom is 0.221 e. The first-order valence-corrected chi connectivity index (χ1v) is 5.77. The molecule has 2 atom stereocenters. The van der Waals surface area contributed by atoms with Gasteiger partial charge >= 0.3 is 0 Å². The molecule has 0 aromatic carbocycles. The van der Waals surface area contributed by atoms with Crippen LogP contribution in [0, 0.1) is 0 Å². The van der Waals surface area contributed by atoms with Crippen LogP contribution in [0.1, 0.15) is 26.2 Å². The van der Waals surface area contributed by atoms with Gasteiger partial charge in [-0.15, -0.1) is 5.06 Å². The number of nitrogens with zero attached hydrogens (tertiary/aromatic N) is 1. The summed E-state index contributed by atoms with van der Waals surface area (Å²) in [7, 11) is 0. The van der Waals surface area contributed by atoms with Crippen LogP contribution in [0.2, 0.25) is 0 Å². The van der Waals surface area contributed by atoms with E-state index in [2.05, 4.69) is 5.32 Å². The minimum absolute atomic E-state index is 0.0703. The first-order chi connectivity index (χ1) is 8.15. The van der Waals surface area contributed by atoms with Crippen LogP contribution in [0.3, 0.4) is 0 Å². The van der Waals surface area contributed by atoms with E-state index in [1.165, 1.54) is 0 Å². The summed E-state index contributed by atoms with van der Waals surface area (Å²) in [6.07, 6.45) is 0.190. The molecular formula is C10H20N2O5. The molecule has 1 aliphatic heterocycles. The Morgan fingerprint density at radius 2 is 2.12 bits per heavy atom. The maximum absolute atomic E-state index is 11.2. The van der Waals surface area contributed by atoms with Crippen LogP contribution in [0.25, 0.3) is 0 Å². The molecule has 0 radical (unpaired) electrons. The number of carbonyl (C=O) groups is 1. The average molecular weight is 248 g/mol. The normalized spacial score (nSPS) is 25.8. The molecule has 0 aromatic rings. The fraction of sp³-hybridized carbons (Fsp3) is 0.900. The molecule has 100 valence electrons. The van der Waals surface area contributed by atoms with E-state index in [1.54, 1.807) is 0 Å². The van der Waals surface area contributed by atoms with Gasteiger partial charge in [0.15, 0.2) is 12.5 Å². The molecule has 1 saturated heterocycles. The molecule has 0 bridgehead atoms. The Labute approximate surface area is 100 Å². The van der Waals surface area contributed by atoms with Crippen LogP contribution in [0.5, 0.6) is 0 Å². The van der Waals surface area contributed by atoms with Crippen molar-refractivity contribution in [3.8, 4) is 0 Å². The monoisotopic (exact) mass is 248 g/mol. The molecular weight excluding hydrogens is 228 g/mol. The number of nitrogens with one attached hydrogen (secondary N) is 1. The number of aliphatic hydroxyl groups is 2. The minimum atomic E-state index is -1.02. The van der Waals surface area contributed by atoms with Crippen LogP contribution < -0.4 is 5.32 Å². The van der Waals surface area contributed by atoms with E-state index in [9.17, 15) is 15.0 Å². The lowest BCUT2D eigenvalue weighted by Gasteiger charge is -2.34. The molecule has 3 N–H and O–H groups in total. The molecule has 0 spiro atoms. The second-order valence-corrected chi connectivity index (χ2v) is 3.84. The van der Waals surface area contributed by atoms with E-state index in [1.807, 2.05) is 6.92 Å². The number of amides is 1. The molecule has 17 heavy (non-hydrogen) atoms. The molecule has 1 fully saturated rings. The fourth-order valence-electron chi connectivity index (χ4n) is 1.41. The van der Waals surface area contributed by atoms with Crippen molar-refractivity contribution in [1.29, 1.82) is 0 Å². The van der Waals surface area contributed by atoms with E-state index < -0.39 is 12.5 Å². The number of carbonyl (C=O) groups excluding carboxylic acids is 1. The quantitative estimate of drug-likeness (QED) is 0.530. The van der Waals surface area contributed by atoms with Gasteiger partial charge in [-0.2, -0.15) is 0 Å². The highest BCUT2D eigenvalue weighted by molar-refractivity contribution is 5.75. The summed E-state index contributed by atoms with van der Waals surface area (Å²) in [5.41, 5.74) is 0. The minimum Gasteiger partial charge on any atom is -0.374 e. The summed E-state index contributed by atoms with van der Waals surface area (Å²) >= 11 is 0. The largest absolute Gasteiger partial charge is 0.374 e. The topological polar surface area (TPSA) is 91.3 Å². The highest BCUT2D eigenvalue weighted by atomic mass is 16.7. The third-order valence-electron chi connectivity index (χ3n) is 2.36. The van der Waals surface area contributed by atoms with Crippen molar-refractivity contribution >= 4 is 5.91 Å². The predicted molar refractivity (Wildman–Crippen MR) is 58.3 cm³/mol. The lowest BCUT2D eigenvalue weighted by atomic mass is 10.2. The van der Waals surface area contributed by atoms with Crippen LogP contribution >= 0.6 is 0 Å². The summed E-state index contributed by atoms with van der Waals surface area (Å²) in [4.78, 5) is 16.3. The third-order valence-corrected chi connectivity index (χ3v) is 2.36. The Balaban J connectivity index is 2.18. The highest BCUT2D eigenvalue weighted by Gasteiger charge is 2.29. The van der Waals surface area contributed by atoms with Crippen molar-refractivity contribution in [3.63, 3.8) is 0 Å². The lowest BCUT2D eigenvalue weighted by molar-refractivity contribution is -0.342. The number of unbranched alkanes of at least 4 members (excludes halogenated alkanes) is 1. The van der Waals surface area contributed by atoms with Crippen molar-refractivity contribution in [2.45, 2.75) is 38.6 Å². The molecule has 2 unspecified atom stereocenters. The average Bonchev–Trinajstić information content (AvgIpc) is 2.30. The molecule has 7 nitrogen and oxygen atoms in total. The van der Waals surface area contributed by atoms with Crippen LogP contribution in [-0.4, -0.2) is 53.6 Å². The summed E-state index contributed by atoms with van der Waals surface area (Å²) in [5, 5.41) is 22.5. The number of aliphatic hydroxyl groups excluding tert-OH is 2. The smallest absolute Gasteiger partial charge is 0.221 e. The first kappa shape index (κ1) is 14.3. The number of hydroxylamine groups is 2. The van der Waals surface area contributed by atoms with Crippen molar-refractivity contribution in [1.82, 2.24) is 10.4 Å². The zero-order valence-electron chi connectivity index (χ0n) is 9.96. The second-order valence-electron chi connectivity index (χ2n) is 3.84. The van der Waals surface area contributed by atoms with Crippen molar-refractivity contribution < 1.29 is 24.6 Å². The Hall–Kier alpha value is -0.730. The summed E-state index contributed by atoms with van der Waals surface area (Å²) in [5.74, 6) is -0.107. The van der Waals surface area contributed by atoms with Crippen LogP contribution in [0.4, 0.5) is 0 Å². The lowest BCUT2D eigenvalue weighted by Crippen LogP contribution is -2.53. The fourth-order valence-corrected chi connectivity index (χ4v) is 1.41. The first-order valence-electron chi connectivity index (χ1n) is 5.77. The van der Waals surface area contributed by atoms with Gasteiger partial charge in [0.05, 0.1) is 13.2 Å². The van der Waals surface area contributed by atoms with Gasteiger partial charge in [-0.25, -0.2) is 0 Å². The van der Waals surface area contributed by atoms with Crippen molar-refractivity contribution in [2.75, 3.05) is 19.9 Å². The standard InChI is InChI=1S/C10H20N2O5/c1-2-3-4-8(13)11-7-17-12-9(14)5-16-6-10(12)15/h9-10,14-15H,2-7H2,1H3,(H,11,13). The molecule has 7 heteroatoms. The van der Waals surface area contributed by atoms with Gasteiger partial charge in [-0.1, -0.05) is 13.3 Å². The maximum atomic E-state index is 11.2. The number of ether oxygens (including phenoxy) is 1. The third kappa shape index (κ3) is 4.97. The van der Waals surface area contributed by atoms with Gasteiger partial charge in [0.2, 0.25) is 5.91 Å². The van der Waals surface area contributed by atoms with E-state index >= 15 is 0 Å². The Bertz CT molecular complexity index is 229. The van der Waals surface area contributed by atoms with Gasteiger partial charge in [0.25, 0.3) is 0 Å². The molecule has 1 amide bonds. The molecule has 0 saturated carbocycles. The SMILES string of the molecule is CCCCC(=O)NCON1C(O)COCC1O. The number of hydrogen-bond acceptors (Lipinski definition) is 6. The van der Waals surface area contributed by atoms with Gasteiger partial charge in [-0.3, -0.25) is 9.63 Å². The van der Waals surface area contributed by atoms with E-state index in [0.717, 1.165) is 17.9 Å². The zero-order valence-corrected chi connectivity index (χ0v) is 9.96. The Kier molecular flexibility index (Phi) is 6.38. The molecule has 0 aliphatic carbocycles. The van der Waals surface area contributed by atoms with E-state index in [0.29, 0.717) is 6.42 Å². The molecule has 1 heterocycles. The zero-order chi connectivity index (χ0) is 12.7. The van der Waals surface area contributed by atoms with Crippen molar-refractivity contribution in [2.24, 2.45) is 0 Å². The van der Waals surface area contributed by atoms with Crippen LogP contribution in [-0.2, 0) is 14.4 Å². The molecule has 1 aliphatic rings. The highest BCUT2D eigenvalue weighted by Crippen LogP contribution is 2.09. The molecule has 1 rings (SSSR count). The number of rotatable bonds is 6. The number of hydrogen-bond donors (Lipinski definition) is 3. The Morgan fingerprint density at radius 3 is 2.71 bits per heavy atom. The number of morpholine rings is 1.